The summed E-state index contributed by atoms with van der Waals surface area (Å²) in [4.78, 5) is 32.1. The maximum absolute atomic E-state index is 13.7. The van der Waals surface area contributed by atoms with Gasteiger partial charge >= 0.3 is 6.03 Å². The van der Waals surface area contributed by atoms with Crippen molar-refractivity contribution in [3.05, 3.63) is 54.2 Å². The number of morpholine rings is 1. The number of urea groups is 1. The highest BCUT2D eigenvalue weighted by molar-refractivity contribution is 5.93. The second-order valence-electron chi connectivity index (χ2n) is 10.4. The van der Waals surface area contributed by atoms with Crippen molar-refractivity contribution in [2.75, 3.05) is 58.0 Å². The summed E-state index contributed by atoms with van der Waals surface area (Å²) < 4.78 is 18.9. The molecule has 0 radical (unpaired) electrons. The molecule has 0 spiro atoms. The molecule has 0 atom stereocenters. The van der Waals surface area contributed by atoms with Crippen LogP contribution in [-0.4, -0.2) is 79.4 Å². The molecule has 0 unspecified atom stereocenters. The van der Waals surface area contributed by atoms with Crippen molar-refractivity contribution >= 4 is 28.5 Å². The van der Waals surface area contributed by atoms with E-state index in [1.54, 1.807) is 7.11 Å². The zero-order valence-electron chi connectivity index (χ0n) is 23.6. The van der Waals surface area contributed by atoms with Gasteiger partial charge in [0.15, 0.2) is 11.5 Å². The summed E-state index contributed by atoms with van der Waals surface area (Å²) in [6, 6.07) is 13.9. The Kier molecular flexibility index (Phi) is 9.11. The smallest absolute Gasteiger partial charge is 0.324 e. The van der Waals surface area contributed by atoms with Gasteiger partial charge < -0.3 is 28.6 Å². The van der Waals surface area contributed by atoms with Crippen molar-refractivity contribution in [2.45, 2.75) is 45.7 Å². The zero-order chi connectivity index (χ0) is 27.9. The normalized spacial score (nSPS) is 16.1. The van der Waals surface area contributed by atoms with Gasteiger partial charge in [0.25, 0.3) is 0 Å². The molecule has 9 nitrogen and oxygen atoms in total. The number of benzene rings is 2. The second kappa shape index (κ2) is 13.1. The fourth-order valence-electron chi connectivity index (χ4n) is 5.48. The van der Waals surface area contributed by atoms with Crippen LogP contribution in [0.25, 0.3) is 10.9 Å². The van der Waals surface area contributed by atoms with Gasteiger partial charge in [0, 0.05) is 61.6 Å². The standard InChI is InChI=1S/C31H40N4O5/c1-3-4-5-18-40-29-21-25(10-11-28(29)38-2)35-14-7-13-34(31(35)37)22-24-8-6-9-27-26(24)12-15-33(27)23-30(36)32-16-19-39-20-17-32/h6,8-12,15,21H,3-5,7,13-14,16-20,22-23H2,1-2H3. The number of hydrogen-bond donors (Lipinski definition) is 0. The Labute approximate surface area is 236 Å². The van der Waals surface area contributed by atoms with Crippen LogP contribution in [0.15, 0.2) is 48.7 Å². The van der Waals surface area contributed by atoms with Gasteiger partial charge in [-0.3, -0.25) is 9.69 Å². The Balaban J connectivity index is 1.29. The summed E-state index contributed by atoms with van der Waals surface area (Å²) >= 11 is 0. The molecule has 3 heterocycles. The van der Waals surface area contributed by atoms with Crippen LogP contribution < -0.4 is 14.4 Å². The maximum atomic E-state index is 13.7. The first kappa shape index (κ1) is 27.8. The highest BCUT2D eigenvalue weighted by atomic mass is 16.5. The van der Waals surface area contributed by atoms with E-state index in [9.17, 15) is 9.59 Å². The topological polar surface area (TPSA) is 76.5 Å². The first-order chi connectivity index (χ1) is 19.6. The Hall–Kier alpha value is -3.72. The highest BCUT2D eigenvalue weighted by Gasteiger charge is 2.28. The molecule has 2 aromatic carbocycles. The van der Waals surface area contributed by atoms with E-state index >= 15 is 0 Å². The van der Waals surface area contributed by atoms with E-state index in [0.717, 1.165) is 47.8 Å². The van der Waals surface area contributed by atoms with Gasteiger partial charge in [-0.15, -0.1) is 0 Å². The van der Waals surface area contributed by atoms with Gasteiger partial charge in [-0.1, -0.05) is 31.9 Å². The molecule has 2 fully saturated rings. The molecule has 0 saturated carbocycles. The monoisotopic (exact) mass is 548 g/mol. The third-order valence-electron chi connectivity index (χ3n) is 7.71. The minimum atomic E-state index is -0.0210. The number of rotatable bonds is 11. The molecule has 2 saturated heterocycles. The number of carbonyl (C=O) groups is 2. The van der Waals surface area contributed by atoms with E-state index in [1.807, 2.05) is 55.8 Å². The van der Waals surface area contributed by atoms with Crippen LogP contribution in [-0.2, 0) is 22.6 Å². The minimum absolute atomic E-state index is 0.0210. The third kappa shape index (κ3) is 6.20. The number of fused-ring (bicyclic) bond motifs is 1. The first-order valence-corrected chi connectivity index (χ1v) is 14.4. The van der Waals surface area contributed by atoms with Crippen molar-refractivity contribution in [1.82, 2.24) is 14.4 Å². The summed E-state index contributed by atoms with van der Waals surface area (Å²) in [5.74, 6) is 1.44. The van der Waals surface area contributed by atoms with Crippen LogP contribution in [0.5, 0.6) is 11.5 Å². The van der Waals surface area contributed by atoms with Crippen LogP contribution >= 0.6 is 0 Å². The quantitative estimate of drug-likeness (QED) is 0.318. The number of aromatic nitrogens is 1. The lowest BCUT2D eigenvalue weighted by Crippen LogP contribution is -2.49. The second-order valence-corrected chi connectivity index (χ2v) is 10.4. The highest BCUT2D eigenvalue weighted by Crippen LogP contribution is 2.34. The number of ether oxygens (including phenoxy) is 3. The van der Waals surface area contributed by atoms with Gasteiger partial charge in [-0.2, -0.15) is 0 Å². The summed E-state index contributed by atoms with van der Waals surface area (Å²) in [5.41, 5.74) is 2.88. The Bertz CT molecular complexity index is 1320. The fourth-order valence-corrected chi connectivity index (χ4v) is 5.48. The van der Waals surface area contributed by atoms with Crippen molar-refractivity contribution in [3.63, 3.8) is 0 Å². The summed E-state index contributed by atoms with van der Waals surface area (Å²) in [6.07, 6.45) is 6.06. The molecule has 9 heteroatoms. The van der Waals surface area contributed by atoms with Gasteiger partial charge in [0.05, 0.1) is 26.9 Å². The van der Waals surface area contributed by atoms with E-state index in [1.165, 1.54) is 0 Å². The minimum Gasteiger partial charge on any atom is -0.493 e. The fraction of sp³-hybridized carbons (Fsp3) is 0.484. The van der Waals surface area contributed by atoms with Gasteiger partial charge in [-0.25, -0.2) is 4.79 Å². The molecule has 2 aliphatic rings. The average molecular weight is 549 g/mol. The predicted molar refractivity (Wildman–Crippen MR) is 155 cm³/mol. The molecule has 3 aromatic rings. The molecule has 0 aliphatic carbocycles. The molecule has 1 aromatic heterocycles. The van der Waals surface area contributed by atoms with Crippen molar-refractivity contribution in [3.8, 4) is 11.5 Å². The Morgan fingerprint density at radius 1 is 1.00 bits per heavy atom. The summed E-state index contributed by atoms with van der Waals surface area (Å²) in [6.45, 7) is 7.39. The Morgan fingerprint density at radius 2 is 1.85 bits per heavy atom. The molecule has 214 valence electrons. The molecule has 0 bridgehead atoms. The molecule has 0 N–H and O–H groups in total. The van der Waals surface area contributed by atoms with Gasteiger partial charge in [0.2, 0.25) is 5.91 Å². The third-order valence-corrected chi connectivity index (χ3v) is 7.71. The van der Waals surface area contributed by atoms with Crippen LogP contribution in [0.2, 0.25) is 0 Å². The van der Waals surface area contributed by atoms with Crippen molar-refractivity contribution < 1.29 is 23.8 Å². The van der Waals surface area contributed by atoms with E-state index in [0.29, 0.717) is 70.6 Å². The van der Waals surface area contributed by atoms with Crippen LogP contribution in [0.4, 0.5) is 10.5 Å². The van der Waals surface area contributed by atoms with E-state index < -0.39 is 0 Å². The Morgan fingerprint density at radius 3 is 2.65 bits per heavy atom. The van der Waals surface area contributed by atoms with Crippen molar-refractivity contribution in [2.24, 2.45) is 0 Å². The van der Waals surface area contributed by atoms with Gasteiger partial charge in [0.1, 0.15) is 6.54 Å². The SMILES string of the molecule is CCCCCOc1cc(N2CCCN(Cc3cccc4c3ccn4CC(=O)N3CCOCC3)C2=O)ccc1OC. The zero-order valence-corrected chi connectivity index (χ0v) is 23.6. The lowest BCUT2D eigenvalue weighted by molar-refractivity contribution is -0.135. The number of nitrogens with zero attached hydrogens (tertiary/aromatic N) is 4. The van der Waals surface area contributed by atoms with Crippen LogP contribution in [0.1, 0.15) is 38.2 Å². The molecular weight excluding hydrogens is 508 g/mol. The van der Waals surface area contributed by atoms with Crippen LogP contribution in [0.3, 0.4) is 0 Å². The molecule has 2 aliphatic heterocycles. The van der Waals surface area contributed by atoms with E-state index in [4.69, 9.17) is 14.2 Å². The number of methoxy groups -OCH3 is 1. The van der Waals surface area contributed by atoms with Crippen molar-refractivity contribution in [1.29, 1.82) is 0 Å². The number of anilines is 1. The van der Waals surface area contributed by atoms with Crippen LogP contribution in [0, 0.1) is 0 Å². The first-order valence-electron chi connectivity index (χ1n) is 14.4. The lowest BCUT2D eigenvalue weighted by Gasteiger charge is -2.36. The predicted octanol–water partition coefficient (Wildman–Crippen LogP) is 4.91. The average Bonchev–Trinajstić information content (AvgIpc) is 3.40. The van der Waals surface area contributed by atoms with E-state index in [-0.39, 0.29) is 11.9 Å². The molecule has 3 amide bonds. The number of unbranched alkanes of at least 4 members (excludes halogenated alkanes) is 2. The lowest BCUT2D eigenvalue weighted by atomic mass is 10.1. The number of amides is 3. The van der Waals surface area contributed by atoms with Gasteiger partial charge in [-0.05, 0) is 42.7 Å². The molecular formula is C31H40N4O5. The number of carbonyl (C=O) groups excluding carboxylic acids is 2. The molecule has 40 heavy (non-hydrogen) atoms. The summed E-state index contributed by atoms with van der Waals surface area (Å²) in [7, 11) is 1.63. The molecule has 5 rings (SSSR count). The number of hydrogen-bond acceptors (Lipinski definition) is 5. The summed E-state index contributed by atoms with van der Waals surface area (Å²) in [5, 5.41) is 1.06. The van der Waals surface area contributed by atoms with E-state index in [2.05, 4.69) is 19.1 Å². The largest absolute Gasteiger partial charge is 0.493 e. The maximum Gasteiger partial charge on any atom is 0.324 e.